The fourth-order valence-electron chi connectivity index (χ4n) is 3.61. The zero-order valence-corrected chi connectivity index (χ0v) is 17.8. The number of aryl methyl sites for hydroxylation is 1. The molecule has 7 heteroatoms. The van der Waals surface area contributed by atoms with Gasteiger partial charge in [0.05, 0.1) is 12.1 Å². The third-order valence-electron chi connectivity index (χ3n) is 5.33. The molecule has 0 saturated carbocycles. The molecule has 7 nitrogen and oxygen atoms in total. The van der Waals surface area contributed by atoms with Crippen LogP contribution in [0.5, 0.6) is 0 Å². The second-order valence-electron chi connectivity index (χ2n) is 7.70. The number of hydrogen-bond acceptors (Lipinski definition) is 4. The molecule has 0 aliphatic heterocycles. The lowest BCUT2D eigenvalue weighted by molar-refractivity contribution is -0.121. The second kappa shape index (κ2) is 9.43. The SMILES string of the molecule is Cc1ccc(Cn2c(=O)c(=O)n(CC(=O)NCCc3ccccc3)c3cccnc32)cc1. The van der Waals surface area contributed by atoms with E-state index in [0.29, 0.717) is 24.1 Å². The standard InChI is InChI=1S/C25H24N4O3/c1-18-9-11-20(12-10-18)16-29-23-21(8-5-14-27-23)28(24(31)25(29)32)17-22(30)26-15-13-19-6-3-2-4-7-19/h2-12,14H,13,15-17H2,1H3,(H,26,30). The Labute approximate surface area is 185 Å². The number of aromatic nitrogens is 3. The number of pyridine rings is 1. The Kier molecular flexibility index (Phi) is 6.26. The summed E-state index contributed by atoms with van der Waals surface area (Å²) in [6, 6.07) is 20.9. The van der Waals surface area contributed by atoms with E-state index >= 15 is 0 Å². The summed E-state index contributed by atoms with van der Waals surface area (Å²) in [5.41, 5.74) is 2.48. The molecule has 0 radical (unpaired) electrons. The molecule has 0 spiro atoms. The van der Waals surface area contributed by atoms with Gasteiger partial charge in [-0.15, -0.1) is 0 Å². The minimum absolute atomic E-state index is 0.228. The molecule has 0 unspecified atom stereocenters. The van der Waals surface area contributed by atoms with Crippen LogP contribution in [0.4, 0.5) is 0 Å². The molecule has 4 rings (SSSR count). The van der Waals surface area contributed by atoms with Crippen molar-refractivity contribution in [2.75, 3.05) is 6.54 Å². The Hall–Kier alpha value is -4.00. The van der Waals surface area contributed by atoms with Gasteiger partial charge in [0.1, 0.15) is 6.54 Å². The highest BCUT2D eigenvalue weighted by molar-refractivity contribution is 5.78. The van der Waals surface area contributed by atoms with Crippen LogP contribution in [-0.2, 0) is 24.3 Å². The Balaban J connectivity index is 1.59. The van der Waals surface area contributed by atoms with E-state index in [-0.39, 0.29) is 19.0 Å². The van der Waals surface area contributed by atoms with Gasteiger partial charge >= 0.3 is 11.1 Å². The average Bonchev–Trinajstić information content (AvgIpc) is 2.81. The first-order chi connectivity index (χ1) is 15.5. The Morgan fingerprint density at radius 3 is 2.34 bits per heavy atom. The van der Waals surface area contributed by atoms with Gasteiger partial charge in [-0.3, -0.25) is 23.5 Å². The van der Waals surface area contributed by atoms with E-state index in [4.69, 9.17) is 0 Å². The van der Waals surface area contributed by atoms with Gasteiger partial charge in [0.15, 0.2) is 5.65 Å². The lowest BCUT2D eigenvalue weighted by Crippen LogP contribution is -2.44. The topological polar surface area (TPSA) is 86.0 Å². The molecule has 32 heavy (non-hydrogen) atoms. The number of nitrogens with zero attached hydrogens (tertiary/aromatic N) is 3. The van der Waals surface area contributed by atoms with Gasteiger partial charge in [-0.2, -0.15) is 0 Å². The van der Waals surface area contributed by atoms with Gasteiger partial charge in [0, 0.05) is 12.7 Å². The maximum atomic E-state index is 12.9. The van der Waals surface area contributed by atoms with Gasteiger partial charge in [-0.1, -0.05) is 60.2 Å². The molecule has 4 aromatic rings. The molecule has 0 saturated heterocycles. The largest absolute Gasteiger partial charge is 0.354 e. The lowest BCUT2D eigenvalue weighted by Gasteiger charge is -2.14. The summed E-state index contributed by atoms with van der Waals surface area (Å²) in [4.78, 5) is 42.7. The average molecular weight is 428 g/mol. The van der Waals surface area contributed by atoms with Crippen LogP contribution in [0, 0.1) is 6.92 Å². The highest BCUT2D eigenvalue weighted by Gasteiger charge is 2.16. The Bertz CT molecular complexity index is 1360. The highest BCUT2D eigenvalue weighted by Crippen LogP contribution is 2.11. The first-order valence-electron chi connectivity index (χ1n) is 10.5. The van der Waals surface area contributed by atoms with Crippen molar-refractivity contribution in [3.63, 3.8) is 0 Å². The number of nitrogens with one attached hydrogen (secondary N) is 1. The molecule has 2 heterocycles. The van der Waals surface area contributed by atoms with Crippen molar-refractivity contribution in [3.05, 3.63) is 110 Å². The van der Waals surface area contributed by atoms with Gasteiger partial charge in [-0.05, 0) is 36.6 Å². The van der Waals surface area contributed by atoms with Crippen molar-refractivity contribution in [2.45, 2.75) is 26.4 Å². The third-order valence-corrected chi connectivity index (χ3v) is 5.33. The number of rotatable bonds is 7. The minimum atomic E-state index is -0.740. The second-order valence-corrected chi connectivity index (χ2v) is 7.70. The van der Waals surface area contributed by atoms with Crippen LogP contribution in [-0.4, -0.2) is 26.6 Å². The van der Waals surface area contributed by atoms with E-state index in [1.165, 1.54) is 9.13 Å². The van der Waals surface area contributed by atoms with Crippen LogP contribution in [0.25, 0.3) is 11.2 Å². The predicted molar refractivity (Wildman–Crippen MR) is 124 cm³/mol. The quantitative estimate of drug-likeness (QED) is 0.458. The van der Waals surface area contributed by atoms with Crippen molar-refractivity contribution >= 4 is 17.1 Å². The van der Waals surface area contributed by atoms with Crippen LogP contribution in [0.15, 0.2) is 82.5 Å². The molecule has 2 aromatic heterocycles. The van der Waals surface area contributed by atoms with Crippen molar-refractivity contribution < 1.29 is 4.79 Å². The van der Waals surface area contributed by atoms with Gasteiger partial charge in [0.2, 0.25) is 5.91 Å². The molecule has 0 fully saturated rings. The fraction of sp³-hybridized carbons (Fsp3) is 0.200. The molecule has 1 N–H and O–H groups in total. The summed E-state index contributed by atoms with van der Waals surface area (Å²) in [7, 11) is 0. The van der Waals surface area contributed by atoms with Crippen LogP contribution >= 0.6 is 0 Å². The number of carbonyl (C=O) groups excluding carboxylic acids is 1. The van der Waals surface area contributed by atoms with Crippen LogP contribution in [0.1, 0.15) is 16.7 Å². The maximum absolute atomic E-state index is 12.9. The molecule has 0 aliphatic rings. The smallest absolute Gasteiger partial charge is 0.318 e. The summed E-state index contributed by atoms with van der Waals surface area (Å²) in [5, 5.41) is 2.82. The summed E-state index contributed by atoms with van der Waals surface area (Å²) in [6.07, 6.45) is 2.25. The normalized spacial score (nSPS) is 10.9. The van der Waals surface area contributed by atoms with E-state index in [1.54, 1.807) is 18.3 Å². The molecule has 162 valence electrons. The molecular weight excluding hydrogens is 404 g/mol. The molecule has 2 aromatic carbocycles. The molecule has 0 bridgehead atoms. The van der Waals surface area contributed by atoms with E-state index in [9.17, 15) is 14.4 Å². The zero-order chi connectivity index (χ0) is 22.5. The summed E-state index contributed by atoms with van der Waals surface area (Å²) < 4.78 is 2.57. The van der Waals surface area contributed by atoms with E-state index in [0.717, 1.165) is 16.7 Å². The molecule has 0 atom stereocenters. The third kappa shape index (κ3) is 4.67. The number of fused-ring (bicyclic) bond motifs is 1. The van der Waals surface area contributed by atoms with Crippen molar-refractivity contribution in [2.24, 2.45) is 0 Å². The van der Waals surface area contributed by atoms with E-state index in [2.05, 4.69) is 10.3 Å². The minimum Gasteiger partial charge on any atom is -0.354 e. The maximum Gasteiger partial charge on any atom is 0.318 e. The van der Waals surface area contributed by atoms with Crippen molar-refractivity contribution in [1.29, 1.82) is 0 Å². The first kappa shape index (κ1) is 21.2. The fourth-order valence-corrected chi connectivity index (χ4v) is 3.61. The van der Waals surface area contributed by atoms with Crippen molar-refractivity contribution in [1.82, 2.24) is 19.4 Å². The molecular formula is C25H24N4O3. The number of amides is 1. The lowest BCUT2D eigenvalue weighted by atomic mass is 10.1. The zero-order valence-electron chi connectivity index (χ0n) is 17.8. The van der Waals surface area contributed by atoms with Crippen LogP contribution < -0.4 is 16.4 Å². The number of hydrogen-bond donors (Lipinski definition) is 1. The van der Waals surface area contributed by atoms with Crippen LogP contribution in [0.3, 0.4) is 0 Å². The summed E-state index contributed by atoms with van der Waals surface area (Å²) >= 11 is 0. The number of benzene rings is 2. The molecule has 1 amide bonds. The summed E-state index contributed by atoms with van der Waals surface area (Å²) in [6.45, 7) is 2.42. The van der Waals surface area contributed by atoms with E-state index in [1.807, 2.05) is 61.5 Å². The van der Waals surface area contributed by atoms with Gasteiger partial charge in [-0.25, -0.2) is 4.98 Å². The monoisotopic (exact) mass is 428 g/mol. The van der Waals surface area contributed by atoms with Crippen LogP contribution in [0.2, 0.25) is 0 Å². The summed E-state index contributed by atoms with van der Waals surface area (Å²) in [5.74, 6) is -0.330. The highest BCUT2D eigenvalue weighted by atomic mass is 16.2. The molecule has 0 aliphatic carbocycles. The first-order valence-corrected chi connectivity index (χ1v) is 10.5. The Morgan fingerprint density at radius 2 is 1.59 bits per heavy atom. The van der Waals surface area contributed by atoms with Gasteiger partial charge in [0.25, 0.3) is 0 Å². The predicted octanol–water partition coefficient (Wildman–Crippen LogP) is 2.27. The van der Waals surface area contributed by atoms with Crippen molar-refractivity contribution in [3.8, 4) is 0 Å². The number of carbonyl (C=O) groups is 1. The Morgan fingerprint density at radius 1 is 0.875 bits per heavy atom. The van der Waals surface area contributed by atoms with Gasteiger partial charge < -0.3 is 5.32 Å². The van der Waals surface area contributed by atoms with E-state index < -0.39 is 11.1 Å².